The molecule has 0 aliphatic carbocycles. The standard InChI is InChI=1S/2C15H26N2/c2*1-13-7-9-16(10-13)11-14-6-5-8-17(12-14)15(2,3)4/h2*7,9-10,14H,5-6,8,11-12H2,1-4H3/t2*14-/m11/s1. The molecule has 2 fully saturated rings. The molecular formula is C30H52N4. The predicted molar refractivity (Wildman–Crippen MR) is 146 cm³/mol. The molecule has 0 N–H and O–H groups in total. The van der Waals surface area contributed by atoms with Gasteiger partial charge in [-0.2, -0.15) is 0 Å². The van der Waals surface area contributed by atoms with Crippen molar-refractivity contribution in [3.8, 4) is 0 Å². The lowest BCUT2D eigenvalue weighted by molar-refractivity contribution is 0.0734. The summed E-state index contributed by atoms with van der Waals surface area (Å²) in [6, 6.07) is 4.40. The Bertz CT molecular complexity index is 791. The first-order valence-corrected chi connectivity index (χ1v) is 13.6. The number of aromatic nitrogens is 2. The Kier molecular flexibility index (Phi) is 9.14. The first kappa shape index (κ1) is 27.1. The second kappa shape index (κ2) is 11.5. The van der Waals surface area contributed by atoms with E-state index in [0.29, 0.717) is 11.1 Å². The van der Waals surface area contributed by atoms with Crippen LogP contribution in [0.5, 0.6) is 0 Å². The summed E-state index contributed by atoms with van der Waals surface area (Å²) in [5, 5.41) is 0. The van der Waals surface area contributed by atoms with Crippen molar-refractivity contribution in [2.24, 2.45) is 11.8 Å². The average Bonchev–Trinajstić information content (AvgIpc) is 3.35. The Morgan fingerprint density at radius 2 is 1.06 bits per heavy atom. The second-order valence-corrected chi connectivity index (χ2v) is 13.0. The van der Waals surface area contributed by atoms with Crippen LogP contribution in [0.3, 0.4) is 0 Å². The van der Waals surface area contributed by atoms with Gasteiger partial charge in [-0.25, -0.2) is 0 Å². The quantitative estimate of drug-likeness (QED) is 0.502. The third-order valence-corrected chi connectivity index (χ3v) is 7.67. The van der Waals surface area contributed by atoms with Gasteiger partial charge >= 0.3 is 0 Å². The molecule has 192 valence electrons. The molecule has 0 bridgehead atoms. The lowest BCUT2D eigenvalue weighted by Crippen LogP contribution is -2.47. The van der Waals surface area contributed by atoms with Gasteiger partial charge in [-0.05, 0) is 129 Å². The molecular weight excluding hydrogens is 416 g/mol. The van der Waals surface area contributed by atoms with E-state index in [-0.39, 0.29) is 0 Å². The summed E-state index contributed by atoms with van der Waals surface area (Å²) in [5.41, 5.74) is 3.39. The number of rotatable bonds is 4. The van der Waals surface area contributed by atoms with Gasteiger partial charge in [-0.1, -0.05) is 0 Å². The lowest BCUT2D eigenvalue weighted by Gasteiger charge is -2.41. The minimum Gasteiger partial charge on any atom is -0.354 e. The molecule has 4 nitrogen and oxygen atoms in total. The molecule has 2 atom stereocenters. The molecule has 2 aromatic rings. The van der Waals surface area contributed by atoms with Crippen molar-refractivity contribution in [1.82, 2.24) is 18.9 Å². The number of aryl methyl sites for hydroxylation is 2. The van der Waals surface area contributed by atoms with Crippen LogP contribution in [0, 0.1) is 25.7 Å². The van der Waals surface area contributed by atoms with E-state index in [4.69, 9.17) is 0 Å². The van der Waals surface area contributed by atoms with Crippen molar-refractivity contribution in [2.45, 2.75) is 105 Å². The molecule has 0 saturated carbocycles. The van der Waals surface area contributed by atoms with Gasteiger partial charge in [0.2, 0.25) is 0 Å². The van der Waals surface area contributed by atoms with E-state index in [9.17, 15) is 0 Å². The normalized spacial score (nSPS) is 22.9. The molecule has 2 aliphatic heterocycles. The van der Waals surface area contributed by atoms with Gasteiger partial charge in [0.05, 0.1) is 0 Å². The molecule has 0 aromatic carbocycles. The molecule has 2 saturated heterocycles. The molecule has 4 rings (SSSR count). The lowest BCUT2D eigenvalue weighted by atomic mass is 9.93. The van der Waals surface area contributed by atoms with Crippen LogP contribution < -0.4 is 0 Å². The Morgan fingerprint density at radius 1 is 0.676 bits per heavy atom. The Hall–Kier alpha value is -1.52. The topological polar surface area (TPSA) is 16.3 Å². The highest BCUT2D eigenvalue weighted by Crippen LogP contribution is 2.26. The van der Waals surface area contributed by atoms with E-state index in [1.807, 2.05) is 0 Å². The van der Waals surface area contributed by atoms with Crippen molar-refractivity contribution in [3.05, 3.63) is 48.0 Å². The average molecular weight is 469 g/mol. The molecule has 0 spiro atoms. The van der Waals surface area contributed by atoms with E-state index in [1.54, 1.807) is 0 Å². The highest BCUT2D eigenvalue weighted by atomic mass is 15.2. The van der Waals surface area contributed by atoms with Crippen molar-refractivity contribution in [1.29, 1.82) is 0 Å². The minimum absolute atomic E-state index is 0.325. The molecule has 0 radical (unpaired) electrons. The van der Waals surface area contributed by atoms with Gasteiger partial charge in [0.1, 0.15) is 0 Å². The number of likely N-dealkylation sites (tertiary alicyclic amines) is 2. The highest BCUT2D eigenvalue weighted by molar-refractivity contribution is 5.08. The molecule has 4 heteroatoms. The van der Waals surface area contributed by atoms with Crippen LogP contribution in [-0.4, -0.2) is 56.2 Å². The SMILES string of the molecule is Cc1ccn(C[C@H]2CCCN(C(C)(C)C)C2)c1.Cc1ccn(C[C@H]2CCCN(C(C)(C)C)C2)c1. The fourth-order valence-electron chi connectivity index (χ4n) is 5.59. The molecule has 34 heavy (non-hydrogen) atoms. The van der Waals surface area contributed by atoms with Crippen molar-refractivity contribution < 1.29 is 0 Å². The van der Waals surface area contributed by atoms with Crippen LogP contribution in [0.15, 0.2) is 36.9 Å². The number of piperidine rings is 2. The second-order valence-electron chi connectivity index (χ2n) is 13.0. The molecule has 0 amide bonds. The minimum atomic E-state index is 0.325. The highest BCUT2D eigenvalue weighted by Gasteiger charge is 2.28. The molecule has 0 unspecified atom stereocenters. The van der Waals surface area contributed by atoms with Gasteiger partial charge in [0.25, 0.3) is 0 Å². The summed E-state index contributed by atoms with van der Waals surface area (Å²) < 4.78 is 4.71. The van der Waals surface area contributed by atoms with E-state index in [2.05, 4.69) is 111 Å². The monoisotopic (exact) mass is 468 g/mol. The van der Waals surface area contributed by atoms with Gasteiger partial charge in [0.15, 0.2) is 0 Å². The fourth-order valence-corrected chi connectivity index (χ4v) is 5.59. The summed E-state index contributed by atoms with van der Waals surface area (Å²) in [6.07, 6.45) is 14.4. The van der Waals surface area contributed by atoms with Crippen LogP contribution in [-0.2, 0) is 13.1 Å². The first-order valence-electron chi connectivity index (χ1n) is 13.6. The Morgan fingerprint density at radius 3 is 1.35 bits per heavy atom. The maximum atomic E-state index is 2.64. The fraction of sp³-hybridized carbons (Fsp3) is 0.733. The van der Waals surface area contributed by atoms with Crippen LogP contribution in [0.25, 0.3) is 0 Å². The van der Waals surface area contributed by atoms with Crippen LogP contribution >= 0.6 is 0 Å². The molecule has 2 aliphatic rings. The van der Waals surface area contributed by atoms with Crippen molar-refractivity contribution in [2.75, 3.05) is 26.2 Å². The van der Waals surface area contributed by atoms with Gasteiger partial charge in [-0.15, -0.1) is 0 Å². The molecule has 4 heterocycles. The van der Waals surface area contributed by atoms with Crippen LogP contribution in [0.1, 0.15) is 78.4 Å². The Labute approximate surface area is 210 Å². The number of nitrogens with zero attached hydrogens (tertiary/aromatic N) is 4. The Balaban J connectivity index is 0.000000191. The third kappa shape index (κ3) is 8.30. The summed E-state index contributed by atoms with van der Waals surface area (Å²) in [6.45, 7) is 25.7. The van der Waals surface area contributed by atoms with E-state index in [1.165, 1.54) is 76.1 Å². The zero-order valence-corrected chi connectivity index (χ0v) is 23.5. The van der Waals surface area contributed by atoms with Gasteiger partial charge in [0, 0.05) is 62.0 Å². The van der Waals surface area contributed by atoms with Crippen LogP contribution in [0.4, 0.5) is 0 Å². The predicted octanol–water partition coefficient (Wildman–Crippen LogP) is 6.61. The maximum absolute atomic E-state index is 2.64. The zero-order valence-electron chi connectivity index (χ0n) is 23.5. The number of hydrogen-bond donors (Lipinski definition) is 0. The van der Waals surface area contributed by atoms with Crippen molar-refractivity contribution >= 4 is 0 Å². The number of hydrogen-bond acceptors (Lipinski definition) is 2. The third-order valence-electron chi connectivity index (χ3n) is 7.67. The van der Waals surface area contributed by atoms with Gasteiger partial charge < -0.3 is 9.13 Å². The molecule has 2 aromatic heterocycles. The van der Waals surface area contributed by atoms with E-state index >= 15 is 0 Å². The largest absolute Gasteiger partial charge is 0.354 e. The van der Waals surface area contributed by atoms with Crippen LogP contribution in [0.2, 0.25) is 0 Å². The van der Waals surface area contributed by atoms with E-state index in [0.717, 1.165) is 11.8 Å². The zero-order chi connectivity index (χ0) is 24.9. The van der Waals surface area contributed by atoms with Gasteiger partial charge in [-0.3, -0.25) is 9.80 Å². The summed E-state index contributed by atoms with van der Waals surface area (Å²) >= 11 is 0. The summed E-state index contributed by atoms with van der Waals surface area (Å²) in [5.74, 6) is 1.63. The van der Waals surface area contributed by atoms with E-state index < -0.39 is 0 Å². The smallest absolute Gasteiger partial charge is 0.0260 e. The van der Waals surface area contributed by atoms with Crippen molar-refractivity contribution in [3.63, 3.8) is 0 Å². The first-order chi connectivity index (χ1) is 15.9. The summed E-state index contributed by atoms with van der Waals surface area (Å²) in [4.78, 5) is 5.27. The maximum Gasteiger partial charge on any atom is 0.0260 e. The summed E-state index contributed by atoms with van der Waals surface area (Å²) in [7, 11) is 0.